The summed E-state index contributed by atoms with van der Waals surface area (Å²) in [5, 5.41) is 11.3. The van der Waals surface area contributed by atoms with Crippen LogP contribution in [0, 0.1) is 0 Å². The third-order valence-electron chi connectivity index (χ3n) is 1.19. The van der Waals surface area contributed by atoms with Gasteiger partial charge in [-0.05, 0) is 6.92 Å². The molecule has 1 atom stereocenters. The number of hydrogen-bond acceptors (Lipinski definition) is 3. The van der Waals surface area contributed by atoms with E-state index in [1.54, 1.807) is 0 Å². The van der Waals surface area contributed by atoms with E-state index in [0.717, 1.165) is 6.61 Å². The van der Waals surface area contributed by atoms with Gasteiger partial charge in [0, 0.05) is 6.54 Å². The van der Waals surface area contributed by atoms with Gasteiger partial charge in [-0.2, -0.15) is 0 Å². The molecule has 1 saturated heterocycles. The molecule has 1 heterocycles. The second kappa shape index (κ2) is 2.01. The summed E-state index contributed by atoms with van der Waals surface area (Å²) in [6.45, 7) is 3.53. The van der Waals surface area contributed by atoms with Crippen molar-refractivity contribution in [1.82, 2.24) is 5.32 Å². The van der Waals surface area contributed by atoms with Crippen molar-refractivity contribution in [3.63, 3.8) is 0 Å². The fraction of sp³-hybridized carbons (Fsp3) is 1.00. The molecule has 3 nitrogen and oxygen atoms in total. The molecule has 2 N–H and O–H groups in total. The molecular weight excluding hydrogens is 106 g/mol. The van der Waals surface area contributed by atoms with Gasteiger partial charge in [-0.15, -0.1) is 0 Å². The fourth-order valence-corrected chi connectivity index (χ4v) is 0.531. The maximum atomic E-state index is 8.34. The van der Waals surface area contributed by atoms with Gasteiger partial charge in [0.1, 0.15) is 5.72 Å². The van der Waals surface area contributed by atoms with Crippen molar-refractivity contribution in [3.05, 3.63) is 0 Å². The Kier molecular flexibility index (Phi) is 1.51. The van der Waals surface area contributed by atoms with E-state index in [9.17, 15) is 0 Å². The summed E-state index contributed by atoms with van der Waals surface area (Å²) < 4.78 is 4.98. The third-order valence-corrected chi connectivity index (χ3v) is 1.19. The molecule has 0 aromatic rings. The van der Waals surface area contributed by atoms with Crippen molar-refractivity contribution in [2.24, 2.45) is 0 Å². The molecule has 1 fully saturated rings. The van der Waals surface area contributed by atoms with Crippen molar-refractivity contribution in [3.8, 4) is 0 Å². The van der Waals surface area contributed by atoms with Crippen LogP contribution >= 0.6 is 0 Å². The second-order valence-corrected chi connectivity index (χ2v) is 2.17. The number of ether oxygens (including phenoxy) is 1. The quantitative estimate of drug-likeness (QED) is 0.481. The summed E-state index contributed by atoms with van der Waals surface area (Å²) in [6, 6.07) is 0. The lowest BCUT2D eigenvalue weighted by atomic mass is 10.4. The fourth-order valence-electron chi connectivity index (χ4n) is 0.531. The molecule has 1 unspecified atom stereocenters. The highest BCUT2D eigenvalue weighted by molar-refractivity contribution is 4.83. The smallest absolute Gasteiger partial charge is 0.140 e. The van der Waals surface area contributed by atoms with E-state index in [4.69, 9.17) is 9.84 Å². The molecule has 1 rings (SSSR count). The molecule has 0 amide bonds. The van der Waals surface area contributed by atoms with E-state index >= 15 is 0 Å². The van der Waals surface area contributed by atoms with Gasteiger partial charge in [0.15, 0.2) is 0 Å². The van der Waals surface area contributed by atoms with Gasteiger partial charge in [-0.25, -0.2) is 0 Å². The molecule has 3 heteroatoms. The van der Waals surface area contributed by atoms with Gasteiger partial charge in [0.2, 0.25) is 0 Å². The monoisotopic (exact) mass is 117 g/mol. The summed E-state index contributed by atoms with van der Waals surface area (Å²) in [4.78, 5) is 0. The highest BCUT2D eigenvalue weighted by Gasteiger charge is 2.38. The predicted octanol–water partition coefficient (Wildman–Crippen LogP) is -0.685. The number of rotatable bonds is 3. The third kappa shape index (κ3) is 1.43. The highest BCUT2D eigenvalue weighted by atomic mass is 16.6. The van der Waals surface area contributed by atoms with Crippen LogP contribution in [-0.2, 0) is 4.74 Å². The van der Waals surface area contributed by atoms with Crippen LogP contribution in [0.1, 0.15) is 6.92 Å². The average molecular weight is 117 g/mol. The van der Waals surface area contributed by atoms with Crippen LogP contribution in [0.5, 0.6) is 0 Å². The first-order valence-corrected chi connectivity index (χ1v) is 2.77. The number of nitrogens with one attached hydrogen (secondary N) is 1. The standard InChI is InChI=1S/C5H11NO2/c1-5(4-8-5)6-2-3-7/h6-7H,2-4H2,1H3. The first kappa shape index (κ1) is 6.01. The predicted molar refractivity (Wildman–Crippen MR) is 29.4 cm³/mol. The van der Waals surface area contributed by atoms with Crippen LogP contribution in [0.2, 0.25) is 0 Å². The molecule has 0 bridgehead atoms. The normalized spacial score (nSPS) is 35.2. The largest absolute Gasteiger partial charge is 0.395 e. The Hall–Kier alpha value is -0.120. The SMILES string of the molecule is CC1(NCCO)CO1. The summed E-state index contributed by atoms with van der Waals surface area (Å²) in [5.74, 6) is 0. The van der Waals surface area contributed by atoms with Crippen LogP contribution in [0.15, 0.2) is 0 Å². The van der Waals surface area contributed by atoms with Crippen molar-refractivity contribution in [1.29, 1.82) is 0 Å². The van der Waals surface area contributed by atoms with E-state index in [1.807, 2.05) is 6.92 Å². The van der Waals surface area contributed by atoms with Gasteiger partial charge >= 0.3 is 0 Å². The van der Waals surface area contributed by atoms with Gasteiger partial charge in [0.05, 0.1) is 13.2 Å². The van der Waals surface area contributed by atoms with Crippen molar-refractivity contribution < 1.29 is 9.84 Å². The van der Waals surface area contributed by atoms with Gasteiger partial charge < -0.3 is 9.84 Å². The van der Waals surface area contributed by atoms with E-state index in [-0.39, 0.29) is 12.3 Å². The summed E-state index contributed by atoms with van der Waals surface area (Å²) >= 11 is 0. The van der Waals surface area contributed by atoms with Crippen molar-refractivity contribution in [2.75, 3.05) is 19.8 Å². The molecule has 0 spiro atoms. The molecule has 0 saturated carbocycles. The lowest BCUT2D eigenvalue weighted by Gasteiger charge is -2.03. The Morgan fingerprint density at radius 3 is 2.88 bits per heavy atom. The Morgan fingerprint density at radius 1 is 1.88 bits per heavy atom. The summed E-state index contributed by atoms with van der Waals surface area (Å²) in [7, 11) is 0. The molecule has 0 aromatic carbocycles. The zero-order valence-electron chi connectivity index (χ0n) is 4.98. The average Bonchev–Trinajstić information content (AvgIpc) is 2.45. The lowest BCUT2D eigenvalue weighted by molar-refractivity contribution is 0.235. The zero-order valence-corrected chi connectivity index (χ0v) is 4.98. The first-order valence-electron chi connectivity index (χ1n) is 2.77. The van der Waals surface area contributed by atoms with Gasteiger partial charge in [-0.3, -0.25) is 5.32 Å². The lowest BCUT2D eigenvalue weighted by Crippen LogP contribution is -2.31. The Labute approximate surface area is 48.7 Å². The Morgan fingerprint density at radius 2 is 2.50 bits per heavy atom. The van der Waals surface area contributed by atoms with Crippen LogP contribution in [0.4, 0.5) is 0 Å². The summed E-state index contributed by atoms with van der Waals surface area (Å²) in [6.07, 6.45) is 0. The van der Waals surface area contributed by atoms with E-state index in [2.05, 4.69) is 5.32 Å². The molecule has 0 aromatic heterocycles. The molecule has 8 heavy (non-hydrogen) atoms. The maximum Gasteiger partial charge on any atom is 0.140 e. The van der Waals surface area contributed by atoms with E-state index in [0.29, 0.717) is 6.54 Å². The molecule has 1 aliphatic rings. The molecule has 0 radical (unpaired) electrons. The van der Waals surface area contributed by atoms with E-state index < -0.39 is 0 Å². The summed E-state index contributed by atoms with van der Waals surface area (Å²) in [5.41, 5.74) is -0.108. The number of aliphatic hydroxyl groups excluding tert-OH is 1. The highest BCUT2D eigenvalue weighted by Crippen LogP contribution is 2.20. The van der Waals surface area contributed by atoms with Crippen LogP contribution in [0.3, 0.4) is 0 Å². The van der Waals surface area contributed by atoms with Gasteiger partial charge in [-0.1, -0.05) is 0 Å². The van der Waals surface area contributed by atoms with Crippen molar-refractivity contribution in [2.45, 2.75) is 12.6 Å². The Bertz CT molecular complexity index is 80.5. The minimum absolute atomic E-state index is 0.108. The topological polar surface area (TPSA) is 44.8 Å². The minimum atomic E-state index is -0.108. The number of epoxide rings is 1. The second-order valence-electron chi connectivity index (χ2n) is 2.17. The maximum absolute atomic E-state index is 8.34. The van der Waals surface area contributed by atoms with Gasteiger partial charge in [0.25, 0.3) is 0 Å². The number of aliphatic hydroxyl groups is 1. The van der Waals surface area contributed by atoms with Crippen LogP contribution in [-0.4, -0.2) is 30.6 Å². The zero-order chi connectivity index (χ0) is 6.04. The van der Waals surface area contributed by atoms with Crippen LogP contribution in [0.25, 0.3) is 0 Å². The van der Waals surface area contributed by atoms with E-state index in [1.165, 1.54) is 0 Å². The minimum Gasteiger partial charge on any atom is -0.395 e. The van der Waals surface area contributed by atoms with Crippen LogP contribution < -0.4 is 5.32 Å². The molecule has 0 aliphatic carbocycles. The van der Waals surface area contributed by atoms with Crippen molar-refractivity contribution >= 4 is 0 Å². The Balaban J connectivity index is 2.01. The molecule has 1 aliphatic heterocycles. The molecule has 48 valence electrons. The molecular formula is C5H11NO2. The number of hydrogen-bond donors (Lipinski definition) is 2. The first-order chi connectivity index (χ1) is 3.77.